The van der Waals surface area contributed by atoms with Crippen molar-refractivity contribution < 1.29 is 9.90 Å². The molecule has 17 heavy (non-hydrogen) atoms. The first-order valence-corrected chi connectivity index (χ1v) is 5.83. The van der Waals surface area contributed by atoms with Crippen molar-refractivity contribution in [3.63, 3.8) is 0 Å². The zero-order valence-electron chi connectivity index (χ0n) is 9.44. The van der Waals surface area contributed by atoms with Crippen LogP contribution >= 0.6 is 15.9 Å². The molecular weight excluding hydrogens is 284 g/mol. The molecule has 2 aromatic rings. The van der Waals surface area contributed by atoms with Crippen LogP contribution in [0.5, 0.6) is 0 Å². The van der Waals surface area contributed by atoms with Crippen molar-refractivity contribution in [2.45, 2.75) is 13.8 Å². The summed E-state index contributed by atoms with van der Waals surface area (Å²) in [6.45, 7) is 3.66. The summed E-state index contributed by atoms with van der Waals surface area (Å²) in [4.78, 5) is 15.2. The van der Waals surface area contributed by atoms with E-state index in [0.717, 1.165) is 15.7 Å². The number of benzene rings is 1. The number of carboxylic acid groups (broad SMARTS) is 1. The van der Waals surface area contributed by atoms with Crippen molar-refractivity contribution in [2.24, 2.45) is 0 Å². The fourth-order valence-electron chi connectivity index (χ4n) is 1.69. The zero-order chi connectivity index (χ0) is 12.6. The molecular formula is C12H11BrN2O2. The van der Waals surface area contributed by atoms with Crippen LogP contribution in [0, 0.1) is 13.8 Å². The summed E-state index contributed by atoms with van der Waals surface area (Å²) in [6, 6.07) is 5.74. The molecule has 1 aromatic carbocycles. The number of hydrogen-bond acceptors (Lipinski definition) is 2. The topological polar surface area (TPSA) is 55.1 Å². The molecule has 0 atom stereocenters. The molecule has 1 aromatic heterocycles. The van der Waals surface area contributed by atoms with E-state index in [1.807, 2.05) is 25.1 Å². The van der Waals surface area contributed by atoms with E-state index in [9.17, 15) is 4.79 Å². The number of rotatable bonds is 2. The van der Waals surface area contributed by atoms with Gasteiger partial charge in [0.05, 0.1) is 11.4 Å². The summed E-state index contributed by atoms with van der Waals surface area (Å²) >= 11 is 3.43. The molecule has 4 nitrogen and oxygen atoms in total. The third-order valence-corrected chi connectivity index (χ3v) is 3.15. The molecule has 0 aliphatic carbocycles. The third-order valence-electron chi connectivity index (χ3n) is 2.52. The molecule has 0 aliphatic heterocycles. The van der Waals surface area contributed by atoms with Gasteiger partial charge in [0, 0.05) is 4.47 Å². The Kier molecular flexibility index (Phi) is 3.02. The van der Waals surface area contributed by atoms with Gasteiger partial charge in [0.2, 0.25) is 0 Å². The highest BCUT2D eigenvalue weighted by atomic mass is 79.9. The largest absolute Gasteiger partial charge is 0.477 e. The summed E-state index contributed by atoms with van der Waals surface area (Å²) in [5.74, 6) is -0.979. The number of nitrogens with zero attached hydrogens (tertiary/aromatic N) is 2. The quantitative estimate of drug-likeness (QED) is 0.926. The van der Waals surface area contributed by atoms with Crippen LogP contribution in [0.2, 0.25) is 0 Å². The van der Waals surface area contributed by atoms with Crippen LogP contribution in [0.3, 0.4) is 0 Å². The van der Waals surface area contributed by atoms with Gasteiger partial charge >= 0.3 is 5.97 Å². The van der Waals surface area contributed by atoms with E-state index in [2.05, 4.69) is 20.9 Å². The van der Waals surface area contributed by atoms with Crippen molar-refractivity contribution in [1.29, 1.82) is 0 Å². The molecule has 88 valence electrons. The maximum Gasteiger partial charge on any atom is 0.354 e. The van der Waals surface area contributed by atoms with E-state index in [1.165, 1.54) is 6.33 Å². The normalized spacial score (nSPS) is 10.5. The monoisotopic (exact) mass is 294 g/mol. The number of aryl methyl sites for hydroxylation is 2. The van der Waals surface area contributed by atoms with Gasteiger partial charge in [-0.2, -0.15) is 0 Å². The van der Waals surface area contributed by atoms with Gasteiger partial charge in [0.25, 0.3) is 0 Å². The van der Waals surface area contributed by atoms with Crippen LogP contribution in [-0.4, -0.2) is 20.6 Å². The molecule has 0 aliphatic rings. The van der Waals surface area contributed by atoms with Crippen LogP contribution in [0.25, 0.3) is 5.69 Å². The van der Waals surface area contributed by atoms with E-state index >= 15 is 0 Å². The molecule has 0 fully saturated rings. The van der Waals surface area contributed by atoms with Gasteiger partial charge in [-0.3, -0.25) is 4.57 Å². The smallest absolute Gasteiger partial charge is 0.354 e. The fourth-order valence-corrected chi connectivity index (χ4v) is 2.37. The highest BCUT2D eigenvalue weighted by Crippen LogP contribution is 2.24. The van der Waals surface area contributed by atoms with Crippen molar-refractivity contribution in [3.8, 4) is 5.69 Å². The van der Waals surface area contributed by atoms with Crippen LogP contribution in [0.15, 0.2) is 29.0 Å². The molecule has 0 spiro atoms. The van der Waals surface area contributed by atoms with E-state index in [0.29, 0.717) is 5.69 Å². The van der Waals surface area contributed by atoms with Gasteiger partial charge in [-0.15, -0.1) is 0 Å². The van der Waals surface area contributed by atoms with Gasteiger partial charge in [-0.05, 0) is 47.5 Å². The number of aromatic nitrogens is 2. The Labute approximate surface area is 107 Å². The Balaban J connectivity index is 2.65. The molecule has 5 heteroatoms. The van der Waals surface area contributed by atoms with Crippen molar-refractivity contribution in [1.82, 2.24) is 9.55 Å². The van der Waals surface area contributed by atoms with Gasteiger partial charge < -0.3 is 5.11 Å². The lowest BCUT2D eigenvalue weighted by Gasteiger charge is -2.08. The second-order valence-electron chi connectivity index (χ2n) is 3.81. The van der Waals surface area contributed by atoms with Crippen LogP contribution in [-0.2, 0) is 0 Å². The average Bonchev–Trinajstić information content (AvgIpc) is 2.60. The molecule has 2 rings (SSSR count). The van der Waals surface area contributed by atoms with Crippen LogP contribution in [0.4, 0.5) is 0 Å². The Hall–Kier alpha value is -1.62. The van der Waals surface area contributed by atoms with Crippen molar-refractivity contribution >= 4 is 21.9 Å². The number of halogens is 1. The molecule has 0 unspecified atom stereocenters. The maximum absolute atomic E-state index is 11.2. The van der Waals surface area contributed by atoms with Crippen molar-refractivity contribution in [3.05, 3.63) is 46.0 Å². The van der Waals surface area contributed by atoms with Crippen LogP contribution < -0.4 is 0 Å². The highest BCUT2D eigenvalue weighted by Gasteiger charge is 2.17. The number of carbonyl (C=O) groups is 1. The lowest BCUT2D eigenvalue weighted by atomic mass is 10.2. The Morgan fingerprint density at radius 3 is 2.71 bits per heavy atom. The van der Waals surface area contributed by atoms with Gasteiger partial charge in [0.15, 0.2) is 5.69 Å². The van der Waals surface area contributed by atoms with E-state index in [4.69, 9.17) is 5.11 Å². The van der Waals surface area contributed by atoms with Crippen molar-refractivity contribution in [2.75, 3.05) is 0 Å². The van der Waals surface area contributed by atoms with Crippen LogP contribution in [0.1, 0.15) is 21.7 Å². The minimum Gasteiger partial charge on any atom is -0.477 e. The summed E-state index contributed by atoms with van der Waals surface area (Å²) in [5, 5.41) is 9.17. The van der Waals surface area contributed by atoms with Gasteiger partial charge in [0.1, 0.15) is 6.33 Å². The molecule has 0 radical (unpaired) electrons. The Morgan fingerprint density at radius 2 is 2.12 bits per heavy atom. The predicted molar refractivity (Wildman–Crippen MR) is 67.7 cm³/mol. The second-order valence-corrected chi connectivity index (χ2v) is 4.66. The number of imidazole rings is 1. The lowest BCUT2D eigenvalue weighted by Crippen LogP contribution is -2.08. The standard InChI is InChI=1S/C12H11BrN2O2/c1-7-3-4-10(9(13)5-7)15-6-14-8(2)11(15)12(16)17/h3-6H,1-2H3,(H,16,17). The van der Waals surface area contributed by atoms with E-state index in [1.54, 1.807) is 11.5 Å². The Morgan fingerprint density at radius 1 is 1.41 bits per heavy atom. The first kappa shape index (κ1) is 11.9. The van der Waals surface area contributed by atoms with E-state index in [-0.39, 0.29) is 5.69 Å². The summed E-state index contributed by atoms with van der Waals surface area (Å²) in [5.41, 5.74) is 2.57. The summed E-state index contributed by atoms with van der Waals surface area (Å²) in [7, 11) is 0. The Bertz CT molecular complexity index is 590. The maximum atomic E-state index is 11.2. The lowest BCUT2D eigenvalue weighted by molar-refractivity contribution is 0.0687. The van der Waals surface area contributed by atoms with Gasteiger partial charge in [-0.25, -0.2) is 9.78 Å². The van der Waals surface area contributed by atoms with Gasteiger partial charge in [-0.1, -0.05) is 6.07 Å². The SMILES string of the molecule is Cc1ccc(-n2cnc(C)c2C(=O)O)c(Br)c1. The number of carboxylic acids is 1. The minimum atomic E-state index is -0.979. The predicted octanol–water partition coefficient (Wildman–Crippen LogP) is 2.95. The molecule has 0 saturated carbocycles. The molecule has 1 N–H and O–H groups in total. The number of aromatic carboxylic acids is 1. The third kappa shape index (κ3) is 2.10. The minimum absolute atomic E-state index is 0.189. The number of hydrogen-bond donors (Lipinski definition) is 1. The zero-order valence-corrected chi connectivity index (χ0v) is 11.0. The van der Waals surface area contributed by atoms with E-state index < -0.39 is 5.97 Å². The molecule has 0 bridgehead atoms. The first-order valence-electron chi connectivity index (χ1n) is 5.04. The summed E-state index contributed by atoms with van der Waals surface area (Å²) < 4.78 is 2.42. The first-order chi connectivity index (χ1) is 8.00. The summed E-state index contributed by atoms with van der Waals surface area (Å²) in [6.07, 6.45) is 1.52. The second kappa shape index (κ2) is 4.33. The highest BCUT2D eigenvalue weighted by molar-refractivity contribution is 9.10. The molecule has 0 saturated heterocycles. The average molecular weight is 295 g/mol. The molecule has 1 heterocycles. The fraction of sp³-hybridized carbons (Fsp3) is 0.167. The molecule has 0 amide bonds.